The maximum atomic E-state index is 12.6. The number of aryl methyl sites for hydroxylation is 2. The van der Waals surface area contributed by atoms with Gasteiger partial charge in [-0.05, 0) is 44.0 Å². The summed E-state index contributed by atoms with van der Waals surface area (Å²) in [6.45, 7) is 3.35. The van der Waals surface area contributed by atoms with Gasteiger partial charge in [-0.15, -0.1) is 16.4 Å². The van der Waals surface area contributed by atoms with Crippen molar-refractivity contribution in [1.82, 2.24) is 19.6 Å². The maximum Gasteiger partial charge on any atom is 0.387 e. The van der Waals surface area contributed by atoms with Gasteiger partial charge in [0.25, 0.3) is 0 Å². The number of alkyl halides is 2. The van der Waals surface area contributed by atoms with Crippen LogP contribution >= 0.6 is 11.3 Å². The number of ether oxygens (including phenoxy) is 2. The molecule has 3 heterocycles. The Bertz CT molecular complexity index is 1160. The molecule has 0 saturated carbocycles. The van der Waals surface area contributed by atoms with Crippen molar-refractivity contribution in [1.29, 1.82) is 0 Å². The smallest absolute Gasteiger partial charge is 0.387 e. The van der Waals surface area contributed by atoms with Crippen molar-refractivity contribution < 1.29 is 18.3 Å². The number of rotatable bonds is 6. The van der Waals surface area contributed by atoms with Crippen LogP contribution < -0.4 is 9.47 Å². The summed E-state index contributed by atoms with van der Waals surface area (Å²) >= 11 is 1.64. The van der Waals surface area contributed by atoms with E-state index in [0.29, 0.717) is 18.0 Å². The summed E-state index contributed by atoms with van der Waals surface area (Å²) in [6, 6.07) is 4.69. The van der Waals surface area contributed by atoms with E-state index in [4.69, 9.17) is 9.72 Å². The Morgan fingerprint density at radius 1 is 1.21 bits per heavy atom. The summed E-state index contributed by atoms with van der Waals surface area (Å²) in [5.41, 5.74) is 2.59. The number of benzene rings is 1. The Morgan fingerprint density at radius 2 is 2.04 bits per heavy atom. The van der Waals surface area contributed by atoms with E-state index in [2.05, 4.69) is 28.7 Å². The van der Waals surface area contributed by atoms with Gasteiger partial charge in [0, 0.05) is 10.4 Å². The van der Waals surface area contributed by atoms with Crippen LogP contribution in [0.3, 0.4) is 0 Å². The Kier molecular flexibility index (Phi) is 4.84. The number of fused-ring (bicyclic) bond motifs is 3. The molecular weight excluding hydrogens is 386 g/mol. The maximum absolute atomic E-state index is 12.6. The minimum Gasteiger partial charge on any atom is -0.490 e. The molecule has 0 aliphatic heterocycles. The fraction of sp³-hybridized carbons (Fsp3) is 0.316. The molecular formula is C19H18F2N4O2S. The minimum absolute atomic E-state index is 0.0184. The lowest BCUT2D eigenvalue weighted by molar-refractivity contribution is -0.0514. The lowest BCUT2D eigenvalue weighted by Gasteiger charge is -2.11. The molecule has 0 saturated heterocycles. The topological polar surface area (TPSA) is 61.5 Å². The van der Waals surface area contributed by atoms with E-state index < -0.39 is 6.61 Å². The highest BCUT2D eigenvalue weighted by atomic mass is 32.1. The third-order valence-electron chi connectivity index (χ3n) is 4.40. The molecule has 0 aliphatic carbocycles. The van der Waals surface area contributed by atoms with Crippen LogP contribution in [0.5, 0.6) is 11.5 Å². The molecule has 6 nitrogen and oxygen atoms in total. The third-order valence-corrected chi connectivity index (χ3v) is 5.46. The zero-order valence-corrected chi connectivity index (χ0v) is 16.4. The molecule has 0 N–H and O–H groups in total. The highest BCUT2D eigenvalue weighted by molar-refractivity contribution is 7.18. The average Bonchev–Trinajstić information content (AvgIpc) is 3.22. The van der Waals surface area contributed by atoms with Gasteiger partial charge in [-0.1, -0.05) is 6.92 Å². The van der Waals surface area contributed by atoms with Gasteiger partial charge in [0.2, 0.25) is 0 Å². The van der Waals surface area contributed by atoms with Crippen LogP contribution in [0.2, 0.25) is 0 Å². The molecule has 0 radical (unpaired) electrons. The van der Waals surface area contributed by atoms with Gasteiger partial charge in [-0.2, -0.15) is 8.78 Å². The van der Waals surface area contributed by atoms with Crippen LogP contribution in [0.25, 0.3) is 27.3 Å². The second-order valence-electron chi connectivity index (χ2n) is 6.09. The lowest BCUT2D eigenvalue weighted by Crippen LogP contribution is -2.04. The van der Waals surface area contributed by atoms with Crippen molar-refractivity contribution in [3.05, 3.63) is 35.0 Å². The van der Waals surface area contributed by atoms with Crippen molar-refractivity contribution in [3.8, 4) is 22.9 Å². The number of aromatic nitrogens is 4. The normalized spacial score (nSPS) is 11.6. The van der Waals surface area contributed by atoms with Crippen molar-refractivity contribution >= 4 is 27.2 Å². The number of nitrogens with zero attached hydrogens (tertiary/aromatic N) is 4. The van der Waals surface area contributed by atoms with Crippen LogP contribution in [0.15, 0.2) is 24.5 Å². The summed E-state index contributed by atoms with van der Waals surface area (Å²) in [6.07, 6.45) is 2.52. The minimum atomic E-state index is -2.92. The predicted molar refractivity (Wildman–Crippen MR) is 104 cm³/mol. The molecule has 4 aromatic rings. The SMILES string of the molecule is CCOc1cc(-c2nc3c4c(CC)c(C)sc4ncn3n2)ccc1OC(F)F. The van der Waals surface area contributed by atoms with E-state index in [1.54, 1.807) is 41.2 Å². The summed E-state index contributed by atoms with van der Waals surface area (Å²) in [7, 11) is 0. The van der Waals surface area contributed by atoms with E-state index in [0.717, 1.165) is 22.3 Å². The molecule has 9 heteroatoms. The summed E-state index contributed by atoms with van der Waals surface area (Å²) in [5.74, 6) is 0.669. The molecule has 4 rings (SSSR count). The Balaban J connectivity index is 1.85. The van der Waals surface area contributed by atoms with Crippen LogP contribution in [-0.4, -0.2) is 32.8 Å². The molecule has 0 spiro atoms. The second-order valence-corrected chi connectivity index (χ2v) is 7.29. The molecule has 0 bridgehead atoms. The number of halogens is 2. The van der Waals surface area contributed by atoms with Gasteiger partial charge in [-0.3, -0.25) is 0 Å². The van der Waals surface area contributed by atoms with Crippen LogP contribution in [0, 0.1) is 6.92 Å². The molecule has 0 unspecified atom stereocenters. The van der Waals surface area contributed by atoms with Gasteiger partial charge in [0.05, 0.1) is 12.0 Å². The molecule has 28 heavy (non-hydrogen) atoms. The van der Waals surface area contributed by atoms with E-state index in [1.807, 2.05) is 0 Å². The molecule has 0 aliphatic rings. The average molecular weight is 404 g/mol. The first-order valence-electron chi connectivity index (χ1n) is 8.87. The Labute approximate surface area is 163 Å². The van der Waals surface area contributed by atoms with Crippen LogP contribution in [-0.2, 0) is 6.42 Å². The zero-order chi connectivity index (χ0) is 19.8. The first-order valence-corrected chi connectivity index (χ1v) is 9.68. The van der Waals surface area contributed by atoms with Crippen LogP contribution in [0.4, 0.5) is 8.78 Å². The summed E-state index contributed by atoms with van der Waals surface area (Å²) in [5, 5.41) is 5.52. The van der Waals surface area contributed by atoms with Crippen molar-refractivity contribution in [2.75, 3.05) is 6.61 Å². The third kappa shape index (κ3) is 3.15. The standard InChI is InChI=1S/C19H18F2N4O2S/c1-4-12-10(3)28-18-15(12)17-23-16(24-25(17)9-22-18)11-6-7-13(27-19(20)21)14(8-11)26-5-2/h6-9,19H,4-5H2,1-3H3. The predicted octanol–water partition coefficient (Wildman–Crippen LogP) is 4.88. The Morgan fingerprint density at radius 3 is 2.75 bits per heavy atom. The second kappa shape index (κ2) is 7.31. The molecule has 0 atom stereocenters. The van der Waals surface area contributed by atoms with E-state index >= 15 is 0 Å². The van der Waals surface area contributed by atoms with Gasteiger partial charge < -0.3 is 9.47 Å². The zero-order valence-electron chi connectivity index (χ0n) is 15.6. The fourth-order valence-electron chi connectivity index (χ4n) is 3.22. The summed E-state index contributed by atoms with van der Waals surface area (Å²) < 4.78 is 36.9. The number of hydrogen-bond acceptors (Lipinski definition) is 6. The largest absolute Gasteiger partial charge is 0.490 e. The van der Waals surface area contributed by atoms with Gasteiger partial charge in [0.1, 0.15) is 11.2 Å². The van der Waals surface area contributed by atoms with Gasteiger partial charge in [0.15, 0.2) is 23.0 Å². The first kappa shape index (κ1) is 18.5. The van der Waals surface area contributed by atoms with Crippen molar-refractivity contribution in [2.24, 2.45) is 0 Å². The monoisotopic (exact) mass is 404 g/mol. The molecule has 0 amide bonds. The highest BCUT2D eigenvalue weighted by Crippen LogP contribution is 2.35. The molecule has 3 aromatic heterocycles. The first-order chi connectivity index (χ1) is 13.5. The van der Waals surface area contributed by atoms with Crippen LogP contribution in [0.1, 0.15) is 24.3 Å². The van der Waals surface area contributed by atoms with Crippen molar-refractivity contribution in [2.45, 2.75) is 33.8 Å². The highest BCUT2D eigenvalue weighted by Gasteiger charge is 2.18. The van der Waals surface area contributed by atoms with Gasteiger partial charge >= 0.3 is 6.61 Å². The molecule has 146 valence electrons. The van der Waals surface area contributed by atoms with E-state index in [-0.39, 0.29) is 11.5 Å². The van der Waals surface area contributed by atoms with E-state index in [1.165, 1.54) is 16.5 Å². The molecule has 0 fully saturated rings. The fourth-order valence-corrected chi connectivity index (χ4v) is 4.30. The number of thiophene rings is 1. The van der Waals surface area contributed by atoms with Gasteiger partial charge in [-0.25, -0.2) is 14.5 Å². The lowest BCUT2D eigenvalue weighted by atomic mass is 10.1. The Hall–Kier alpha value is -2.81. The quantitative estimate of drug-likeness (QED) is 0.458. The molecule has 1 aromatic carbocycles. The van der Waals surface area contributed by atoms with Crippen molar-refractivity contribution in [3.63, 3.8) is 0 Å². The number of hydrogen-bond donors (Lipinski definition) is 0. The van der Waals surface area contributed by atoms with E-state index in [9.17, 15) is 8.78 Å². The summed E-state index contributed by atoms with van der Waals surface area (Å²) in [4.78, 5) is 11.3.